The van der Waals surface area contributed by atoms with E-state index in [0.717, 1.165) is 30.6 Å². The molecule has 1 fully saturated rings. The van der Waals surface area contributed by atoms with Crippen LogP contribution < -0.4 is 16.4 Å². The molecule has 2 atom stereocenters. The van der Waals surface area contributed by atoms with E-state index in [1.807, 2.05) is 13.8 Å². The normalized spacial score (nSPS) is 20.0. The minimum atomic E-state index is -0.0602. The first kappa shape index (κ1) is 19.5. The molecule has 4 N–H and O–H groups in total. The second kappa shape index (κ2) is 8.89. The Morgan fingerprint density at radius 2 is 1.70 bits per heavy atom. The Bertz CT molecular complexity index is 531. The van der Waals surface area contributed by atoms with Crippen LogP contribution in [-0.4, -0.2) is 18.4 Å². The number of amides is 2. The molecule has 0 aromatic heterocycles. The van der Waals surface area contributed by atoms with Crippen molar-refractivity contribution in [3.63, 3.8) is 0 Å². The zero-order valence-electron chi connectivity index (χ0n) is 13.7. The fourth-order valence-electron chi connectivity index (χ4n) is 2.82. The lowest BCUT2D eigenvalue weighted by atomic mass is 9.95. The van der Waals surface area contributed by atoms with Crippen LogP contribution in [0.3, 0.4) is 0 Å². The smallest absolute Gasteiger partial charge is 0.227 e. The fraction of sp³-hybridized carbons (Fsp3) is 0.529. The van der Waals surface area contributed by atoms with Crippen molar-refractivity contribution in [2.75, 3.05) is 17.2 Å². The van der Waals surface area contributed by atoms with Crippen LogP contribution in [0.5, 0.6) is 0 Å². The first-order valence-electron chi connectivity index (χ1n) is 7.93. The fourth-order valence-corrected chi connectivity index (χ4v) is 2.82. The molecule has 5 nitrogen and oxygen atoms in total. The number of hydrogen-bond acceptors (Lipinski definition) is 3. The maximum absolute atomic E-state index is 12.3. The Morgan fingerprint density at radius 1 is 1.13 bits per heavy atom. The molecule has 1 aliphatic rings. The molecular formula is C17H26ClN3O2. The monoisotopic (exact) mass is 339 g/mol. The molecular weight excluding hydrogens is 314 g/mol. The molecule has 0 saturated heterocycles. The van der Waals surface area contributed by atoms with Crippen LogP contribution in [0.15, 0.2) is 24.3 Å². The third kappa shape index (κ3) is 5.22. The summed E-state index contributed by atoms with van der Waals surface area (Å²) in [7, 11) is 0. The van der Waals surface area contributed by atoms with Gasteiger partial charge in [0.2, 0.25) is 11.8 Å². The predicted molar refractivity (Wildman–Crippen MR) is 95.7 cm³/mol. The maximum Gasteiger partial charge on any atom is 0.227 e. The molecule has 1 aromatic carbocycles. The molecule has 0 heterocycles. The van der Waals surface area contributed by atoms with Crippen molar-refractivity contribution in [1.29, 1.82) is 0 Å². The van der Waals surface area contributed by atoms with Gasteiger partial charge in [0.25, 0.3) is 0 Å². The lowest BCUT2D eigenvalue weighted by Gasteiger charge is -2.17. The third-order valence-electron chi connectivity index (χ3n) is 4.24. The lowest BCUT2D eigenvalue weighted by molar-refractivity contribution is -0.121. The average Bonchev–Trinajstić information content (AvgIpc) is 2.97. The summed E-state index contributed by atoms with van der Waals surface area (Å²) in [6, 6.07) is 7.20. The highest BCUT2D eigenvalue weighted by Crippen LogP contribution is 2.31. The summed E-state index contributed by atoms with van der Waals surface area (Å²) in [4.78, 5) is 23.9. The Kier molecular flexibility index (Phi) is 7.52. The summed E-state index contributed by atoms with van der Waals surface area (Å²) in [6.45, 7) is 4.26. The second-order valence-corrected chi connectivity index (χ2v) is 6.24. The highest BCUT2D eigenvalue weighted by molar-refractivity contribution is 5.94. The van der Waals surface area contributed by atoms with Gasteiger partial charge in [0.15, 0.2) is 0 Å². The Labute approximate surface area is 143 Å². The number of rotatable bonds is 5. The molecule has 1 saturated carbocycles. The molecule has 6 heteroatoms. The standard InChI is InChI=1S/C17H25N3O2.ClH/c1-11(2)16(21)19-13-6-8-14(9-7-13)20-17(22)15-5-3-4-12(15)10-18;/h6-9,11-12,15H,3-5,10,18H2,1-2H3,(H,19,21)(H,20,22);1H/t12-,15-;/m1./s1. The molecule has 2 amide bonds. The van der Waals surface area contributed by atoms with Gasteiger partial charge in [-0.2, -0.15) is 0 Å². The number of halogens is 1. The van der Waals surface area contributed by atoms with E-state index in [0.29, 0.717) is 12.5 Å². The maximum atomic E-state index is 12.3. The van der Waals surface area contributed by atoms with Crippen molar-refractivity contribution < 1.29 is 9.59 Å². The summed E-state index contributed by atoms with van der Waals surface area (Å²) in [5.74, 6) is 0.283. The van der Waals surface area contributed by atoms with Crippen LogP contribution in [0.2, 0.25) is 0 Å². The minimum Gasteiger partial charge on any atom is -0.330 e. The van der Waals surface area contributed by atoms with Crippen molar-refractivity contribution in [3.05, 3.63) is 24.3 Å². The van der Waals surface area contributed by atoms with Crippen LogP contribution in [0.1, 0.15) is 33.1 Å². The first-order valence-corrected chi connectivity index (χ1v) is 7.93. The average molecular weight is 340 g/mol. The third-order valence-corrected chi connectivity index (χ3v) is 4.24. The lowest BCUT2D eigenvalue weighted by Crippen LogP contribution is -2.29. The molecule has 0 spiro atoms. The molecule has 0 radical (unpaired) electrons. The van der Waals surface area contributed by atoms with Gasteiger partial charge in [-0.05, 0) is 49.6 Å². The van der Waals surface area contributed by atoms with E-state index >= 15 is 0 Å². The van der Waals surface area contributed by atoms with E-state index in [9.17, 15) is 9.59 Å². The number of benzene rings is 1. The summed E-state index contributed by atoms with van der Waals surface area (Å²) < 4.78 is 0. The molecule has 1 aliphatic carbocycles. The highest BCUT2D eigenvalue weighted by Gasteiger charge is 2.31. The molecule has 0 bridgehead atoms. The summed E-state index contributed by atoms with van der Waals surface area (Å²) >= 11 is 0. The number of carbonyl (C=O) groups excluding carboxylic acids is 2. The number of carbonyl (C=O) groups is 2. The zero-order valence-corrected chi connectivity index (χ0v) is 14.5. The van der Waals surface area contributed by atoms with Gasteiger partial charge in [-0.15, -0.1) is 12.4 Å². The van der Waals surface area contributed by atoms with Crippen LogP contribution in [-0.2, 0) is 9.59 Å². The Morgan fingerprint density at radius 3 is 2.22 bits per heavy atom. The van der Waals surface area contributed by atoms with Crippen LogP contribution in [0.25, 0.3) is 0 Å². The van der Waals surface area contributed by atoms with Crippen LogP contribution in [0.4, 0.5) is 11.4 Å². The largest absolute Gasteiger partial charge is 0.330 e. The SMILES string of the molecule is CC(C)C(=O)Nc1ccc(NC(=O)[C@@H]2CCC[C@@H]2CN)cc1.Cl. The van der Waals surface area contributed by atoms with Gasteiger partial charge in [0.1, 0.15) is 0 Å². The minimum absolute atomic E-state index is 0. The Hall–Kier alpha value is -1.59. The first-order chi connectivity index (χ1) is 10.5. The molecule has 128 valence electrons. The number of nitrogens with two attached hydrogens (primary N) is 1. The highest BCUT2D eigenvalue weighted by atomic mass is 35.5. The van der Waals surface area contributed by atoms with Crippen molar-refractivity contribution in [1.82, 2.24) is 0 Å². The predicted octanol–water partition coefficient (Wildman–Crippen LogP) is 3.02. The van der Waals surface area contributed by atoms with Gasteiger partial charge in [-0.3, -0.25) is 9.59 Å². The summed E-state index contributed by atoms with van der Waals surface area (Å²) in [6.07, 6.45) is 3.02. The molecule has 1 aromatic rings. The van der Waals surface area contributed by atoms with Gasteiger partial charge in [0.05, 0.1) is 0 Å². The van der Waals surface area contributed by atoms with Gasteiger partial charge in [0, 0.05) is 23.2 Å². The topological polar surface area (TPSA) is 84.2 Å². The molecule has 2 rings (SSSR count). The van der Waals surface area contributed by atoms with Crippen molar-refractivity contribution in [2.24, 2.45) is 23.5 Å². The van der Waals surface area contributed by atoms with Crippen molar-refractivity contribution in [2.45, 2.75) is 33.1 Å². The number of anilines is 2. The van der Waals surface area contributed by atoms with Gasteiger partial charge >= 0.3 is 0 Å². The second-order valence-electron chi connectivity index (χ2n) is 6.24. The summed E-state index contributed by atoms with van der Waals surface area (Å²) in [5.41, 5.74) is 7.21. The van der Waals surface area contributed by atoms with E-state index in [2.05, 4.69) is 10.6 Å². The number of nitrogens with one attached hydrogen (secondary N) is 2. The van der Waals surface area contributed by atoms with E-state index in [-0.39, 0.29) is 36.1 Å². The zero-order chi connectivity index (χ0) is 16.1. The number of hydrogen-bond donors (Lipinski definition) is 3. The molecule has 23 heavy (non-hydrogen) atoms. The van der Waals surface area contributed by atoms with Gasteiger partial charge in [-0.25, -0.2) is 0 Å². The Balaban J connectivity index is 0.00000264. The van der Waals surface area contributed by atoms with Crippen LogP contribution in [0, 0.1) is 17.8 Å². The summed E-state index contributed by atoms with van der Waals surface area (Å²) in [5, 5.41) is 5.77. The van der Waals surface area contributed by atoms with Crippen LogP contribution >= 0.6 is 12.4 Å². The molecule has 0 unspecified atom stereocenters. The quantitative estimate of drug-likeness (QED) is 0.771. The van der Waals surface area contributed by atoms with Crippen molar-refractivity contribution >= 4 is 35.6 Å². The van der Waals surface area contributed by atoms with Gasteiger partial charge in [-0.1, -0.05) is 20.3 Å². The molecule has 0 aliphatic heterocycles. The van der Waals surface area contributed by atoms with E-state index < -0.39 is 0 Å². The van der Waals surface area contributed by atoms with Gasteiger partial charge < -0.3 is 16.4 Å². The van der Waals surface area contributed by atoms with E-state index in [1.165, 1.54) is 0 Å². The van der Waals surface area contributed by atoms with E-state index in [1.54, 1.807) is 24.3 Å². The van der Waals surface area contributed by atoms with E-state index in [4.69, 9.17) is 5.73 Å². The van der Waals surface area contributed by atoms with Crippen molar-refractivity contribution in [3.8, 4) is 0 Å².